The first kappa shape index (κ1) is 20.3. The third kappa shape index (κ3) is 4.93. The largest absolute Gasteiger partial charge is 0.368 e. The third-order valence-electron chi connectivity index (χ3n) is 6.20. The molecule has 30 heavy (non-hydrogen) atoms. The molecule has 2 saturated heterocycles. The highest BCUT2D eigenvalue weighted by atomic mass is 16.2. The first-order valence-electron chi connectivity index (χ1n) is 10.9. The quantitative estimate of drug-likeness (QED) is 0.849. The molecule has 2 aromatic carbocycles. The fourth-order valence-electron chi connectivity index (χ4n) is 4.37. The maximum absolute atomic E-state index is 12.6. The zero-order chi connectivity index (χ0) is 20.8. The Morgan fingerprint density at radius 2 is 1.37 bits per heavy atom. The summed E-state index contributed by atoms with van der Waals surface area (Å²) in [4.78, 5) is 31.0. The molecule has 0 saturated carbocycles. The molecular formula is C24H30N4O2. The minimum absolute atomic E-state index is 0.0118. The van der Waals surface area contributed by atoms with Crippen molar-refractivity contribution in [2.75, 3.05) is 50.7 Å². The highest BCUT2D eigenvalue weighted by Crippen LogP contribution is 2.27. The third-order valence-corrected chi connectivity index (χ3v) is 6.20. The molecule has 0 atom stereocenters. The van der Waals surface area contributed by atoms with E-state index in [1.807, 2.05) is 29.2 Å². The van der Waals surface area contributed by atoms with Gasteiger partial charge in [-0.1, -0.05) is 48.5 Å². The summed E-state index contributed by atoms with van der Waals surface area (Å²) in [7, 11) is 0. The van der Waals surface area contributed by atoms with Gasteiger partial charge in [0.1, 0.15) is 0 Å². The number of nitrogens with one attached hydrogen (secondary N) is 1. The number of piperazine rings is 1. The molecule has 2 aliphatic heterocycles. The number of amides is 3. The summed E-state index contributed by atoms with van der Waals surface area (Å²) in [6.07, 6.45) is 1.95. The van der Waals surface area contributed by atoms with Crippen LogP contribution in [0.4, 0.5) is 10.5 Å². The average Bonchev–Trinajstić information content (AvgIpc) is 2.83. The molecule has 0 bridgehead atoms. The lowest BCUT2D eigenvalue weighted by Gasteiger charge is -2.36. The van der Waals surface area contributed by atoms with Crippen molar-refractivity contribution in [2.24, 2.45) is 0 Å². The van der Waals surface area contributed by atoms with Crippen LogP contribution in [0.5, 0.6) is 0 Å². The summed E-state index contributed by atoms with van der Waals surface area (Å²) >= 11 is 0. The second-order valence-electron chi connectivity index (χ2n) is 8.03. The minimum atomic E-state index is -0.143. The van der Waals surface area contributed by atoms with Crippen molar-refractivity contribution < 1.29 is 9.59 Å². The number of benzene rings is 2. The second-order valence-corrected chi connectivity index (χ2v) is 8.03. The SMILES string of the molecule is O=C(CNC(=O)N1CCN(c2ccccc2)CC1)N1CCC(c2ccccc2)CC1. The summed E-state index contributed by atoms with van der Waals surface area (Å²) < 4.78 is 0. The molecular weight excluding hydrogens is 376 g/mol. The van der Waals surface area contributed by atoms with Gasteiger partial charge in [-0.05, 0) is 36.5 Å². The van der Waals surface area contributed by atoms with Gasteiger partial charge in [-0.2, -0.15) is 0 Å². The number of likely N-dealkylation sites (tertiary alicyclic amines) is 1. The molecule has 0 aliphatic carbocycles. The van der Waals surface area contributed by atoms with Crippen molar-refractivity contribution in [3.63, 3.8) is 0 Å². The van der Waals surface area contributed by atoms with Crippen molar-refractivity contribution in [3.8, 4) is 0 Å². The lowest BCUT2D eigenvalue weighted by atomic mass is 9.89. The van der Waals surface area contributed by atoms with Gasteiger partial charge in [0.05, 0.1) is 6.54 Å². The van der Waals surface area contributed by atoms with Gasteiger partial charge in [0.15, 0.2) is 0 Å². The van der Waals surface area contributed by atoms with Crippen LogP contribution in [-0.2, 0) is 4.79 Å². The predicted octanol–water partition coefficient (Wildman–Crippen LogP) is 2.92. The molecule has 2 aromatic rings. The van der Waals surface area contributed by atoms with Crippen LogP contribution in [0.1, 0.15) is 24.3 Å². The van der Waals surface area contributed by atoms with Crippen molar-refractivity contribution in [2.45, 2.75) is 18.8 Å². The van der Waals surface area contributed by atoms with E-state index in [2.05, 4.69) is 46.6 Å². The van der Waals surface area contributed by atoms with E-state index >= 15 is 0 Å². The van der Waals surface area contributed by atoms with E-state index in [4.69, 9.17) is 0 Å². The molecule has 2 heterocycles. The zero-order valence-corrected chi connectivity index (χ0v) is 17.4. The number of hydrogen-bond acceptors (Lipinski definition) is 3. The number of anilines is 1. The summed E-state index contributed by atoms with van der Waals surface area (Å²) in [6.45, 7) is 4.52. The molecule has 3 amide bonds. The Balaban J connectivity index is 1.18. The van der Waals surface area contributed by atoms with Gasteiger partial charge in [-0.15, -0.1) is 0 Å². The van der Waals surface area contributed by atoms with Crippen LogP contribution in [0, 0.1) is 0 Å². The number of hydrogen-bond donors (Lipinski definition) is 1. The van der Waals surface area contributed by atoms with Crippen molar-refractivity contribution in [3.05, 3.63) is 66.2 Å². The Bertz CT molecular complexity index is 755. The highest BCUT2D eigenvalue weighted by Gasteiger charge is 2.25. The lowest BCUT2D eigenvalue weighted by Crippen LogP contribution is -2.53. The Hall–Kier alpha value is -3.02. The summed E-state index contributed by atoms with van der Waals surface area (Å²) in [5, 5.41) is 2.82. The van der Waals surface area contributed by atoms with Crippen LogP contribution in [-0.4, -0.2) is 67.6 Å². The molecule has 2 aliphatic rings. The fraction of sp³-hybridized carbons (Fsp3) is 0.417. The second kappa shape index (κ2) is 9.65. The Labute approximate surface area is 178 Å². The van der Waals surface area contributed by atoms with Crippen LogP contribution in [0.15, 0.2) is 60.7 Å². The fourth-order valence-corrected chi connectivity index (χ4v) is 4.37. The van der Waals surface area contributed by atoms with Crippen molar-refractivity contribution >= 4 is 17.6 Å². The van der Waals surface area contributed by atoms with E-state index in [0.29, 0.717) is 19.0 Å². The molecule has 6 nitrogen and oxygen atoms in total. The number of para-hydroxylation sites is 1. The zero-order valence-electron chi connectivity index (χ0n) is 17.4. The van der Waals surface area contributed by atoms with E-state index < -0.39 is 0 Å². The van der Waals surface area contributed by atoms with Crippen molar-refractivity contribution in [1.29, 1.82) is 0 Å². The molecule has 0 radical (unpaired) electrons. The number of rotatable bonds is 4. The highest BCUT2D eigenvalue weighted by molar-refractivity contribution is 5.84. The van der Waals surface area contributed by atoms with Gasteiger partial charge in [0.25, 0.3) is 0 Å². The number of carbonyl (C=O) groups is 2. The van der Waals surface area contributed by atoms with Crippen LogP contribution in [0.25, 0.3) is 0 Å². The van der Waals surface area contributed by atoms with Gasteiger partial charge in [0, 0.05) is 45.0 Å². The molecule has 0 unspecified atom stereocenters. The van der Waals surface area contributed by atoms with E-state index in [1.165, 1.54) is 11.3 Å². The number of urea groups is 1. The van der Waals surface area contributed by atoms with Gasteiger partial charge in [-0.25, -0.2) is 4.79 Å². The van der Waals surface area contributed by atoms with E-state index in [9.17, 15) is 9.59 Å². The Morgan fingerprint density at radius 1 is 0.767 bits per heavy atom. The number of nitrogens with zero attached hydrogens (tertiary/aromatic N) is 3. The molecule has 158 valence electrons. The van der Waals surface area contributed by atoms with Gasteiger partial charge >= 0.3 is 6.03 Å². The van der Waals surface area contributed by atoms with Gasteiger partial charge in [0.2, 0.25) is 5.91 Å². The number of carbonyl (C=O) groups excluding carboxylic acids is 2. The summed E-state index contributed by atoms with van der Waals surface area (Å²) in [6, 6.07) is 20.6. The molecule has 2 fully saturated rings. The first-order chi connectivity index (χ1) is 14.7. The summed E-state index contributed by atoms with van der Waals surface area (Å²) in [5.41, 5.74) is 2.54. The topological polar surface area (TPSA) is 55.9 Å². The molecule has 4 rings (SSSR count). The van der Waals surface area contributed by atoms with Crippen LogP contribution < -0.4 is 10.2 Å². The molecule has 0 aromatic heterocycles. The van der Waals surface area contributed by atoms with Crippen LogP contribution in [0.2, 0.25) is 0 Å². The normalized spacial score (nSPS) is 17.7. The maximum atomic E-state index is 12.6. The Morgan fingerprint density at radius 3 is 2.00 bits per heavy atom. The first-order valence-corrected chi connectivity index (χ1v) is 10.9. The van der Waals surface area contributed by atoms with E-state index in [-0.39, 0.29) is 18.5 Å². The van der Waals surface area contributed by atoms with E-state index in [0.717, 1.165) is 39.0 Å². The number of piperidine rings is 1. The van der Waals surface area contributed by atoms with Crippen LogP contribution >= 0.6 is 0 Å². The molecule has 1 N–H and O–H groups in total. The average molecular weight is 407 g/mol. The standard InChI is InChI=1S/C24H30N4O2/c29-23(27-13-11-21(12-14-27)20-7-3-1-4-8-20)19-25-24(30)28-17-15-26(16-18-28)22-9-5-2-6-10-22/h1-10,21H,11-19H2,(H,25,30). The molecule has 0 spiro atoms. The maximum Gasteiger partial charge on any atom is 0.317 e. The van der Waals surface area contributed by atoms with Crippen LogP contribution in [0.3, 0.4) is 0 Å². The molecule has 6 heteroatoms. The monoisotopic (exact) mass is 406 g/mol. The smallest absolute Gasteiger partial charge is 0.317 e. The minimum Gasteiger partial charge on any atom is -0.368 e. The van der Waals surface area contributed by atoms with E-state index in [1.54, 1.807) is 4.90 Å². The van der Waals surface area contributed by atoms with Gasteiger partial charge < -0.3 is 20.0 Å². The predicted molar refractivity (Wildman–Crippen MR) is 119 cm³/mol. The van der Waals surface area contributed by atoms with Crippen molar-refractivity contribution in [1.82, 2.24) is 15.1 Å². The Kier molecular flexibility index (Phi) is 6.52. The summed E-state index contributed by atoms with van der Waals surface area (Å²) in [5.74, 6) is 0.531. The van der Waals surface area contributed by atoms with Gasteiger partial charge in [-0.3, -0.25) is 4.79 Å². The lowest BCUT2D eigenvalue weighted by molar-refractivity contribution is -0.131.